The SMILES string of the molecule is O=C(COc1ccc(CNCCn2cnc3ccccc32)c(F)c1)NO. The largest absolute Gasteiger partial charge is 0.484 e. The van der Waals surface area contributed by atoms with Gasteiger partial charge >= 0.3 is 0 Å². The maximum atomic E-state index is 14.1. The van der Waals surface area contributed by atoms with Crippen molar-refractivity contribution in [2.45, 2.75) is 13.1 Å². The molecule has 0 bridgehead atoms. The molecule has 3 aromatic rings. The molecule has 0 unspecified atom stereocenters. The molecule has 0 aliphatic heterocycles. The molecule has 0 atom stereocenters. The first-order valence-corrected chi connectivity index (χ1v) is 8.12. The van der Waals surface area contributed by atoms with Crippen molar-refractivity contribution in [1.82, 2.24) is 20.3 Å². The Morgan fingerprint density at radius 1 is 1.27 bits per heavy atom. The van der Waals surface area contributed by atoms with Gasteiger partial charge in [0, 0.05) is 31.3 Å². The van der Waals surface area contributed by atoms with Gasteiger partial charge in [-0.05, 0) is 18.2 Å². The van der Waals surface area contributed by atoms with E-state index in [-0.39, 0.29) is 12.4 Å². The van der Waals surface area contributed by atoms with E-state index in [0.717, 1.165) is 17.6 Å². The van der Waals surface area contributed by atoms with E-state index < -0.39 is 11.7 Å². The zero-order valence-corrected chi connectivity index (χ0v) is 14.0. The lowest BCUT2D eigenvalue weighted by Crippen LogP contribution is -2.25. The van der Waals surface area contributed by atoms with Crippen LogP contribution in [0.25, 0.3) is 11.0 Å². The molecule has 0 aliphatic rings. The number of hydrogen-bond donors (Lipinski definition) is 3. The van der Waals surface area contributed by atoms with Crippen LogP contribution in [0.4, 0.5) is 4.39 Å². The third kappa shape index (κ3) is 4.35. The second-order valence-corrected chi connectivity index (χ2v) is 5.68. The van der Waals surface area contributed by atoms with Gasteiger partial charge in [-0.1, -0.05) is 18.2 Å². The van der Waals surface area contributed by atoms with E-state index in [9.17, 15) is 9.18 Å². The molecule has 7 nitrogen and oxygen atoms in total. The summed E-state index contributed by atoms with van der Waals surface area (Å²) in [4.78, 5) is 15.2. The highest BCUT2D eigenvalue weighted by atomic mass is 19.1. The van der Waals surface area contributed by atoms with Gasteiger partial charge in [0.2, 0.25) is 0 Å². The number of amides is 1. The van der Waals surface area contributed by atoms with Crippen molar-refractivity contribution in [3.05, 3.63) is 60.2 Å². The number of imidazole rings is 1. The summed E-state index contributed by atoms with van der Waals surface area (Å²) in [5.74, 6) is -0.907. The van der Waals surface area contributed by atoms with Crippen molar-refractivity contribution in [3.63, 3.8) is 0 Å². The van der Waals surface area contributed by atoms with Crippen molar-refractivity contribution in [1.29, 1.82) is 0 Å². The molecular weight excluding hydrogens is 339 g/mol. The summed E-state index contributed by atoms with van der Waals surface area (Å²) < 4.78 is 21.2. The number of benzene rings is 2. The minimum absolute atomic E-state index is 0.222. The third-order valence-electron chi connectivity index (χ3n) is 3.89. The lowest BCUT2D eigenvalue weighted by molar-refractivity contribution is -0.131. The summed E-state index contributed by atoms with van der Waals surface area (Å²) in [6.45, 7) is 1.37. The Kier molecular flexibility index (Phi) is 5.77. The number of carbonyl (C=O) groups is 1. The van der Waals surface area contributed by atoms with E-state index in [1.54, 1.807) is 18.5 Å². The number of rotatable bonds is 8. The molecule has 8 heteroatoms. The van der Waals surface area contributed by atoms with Crippen LogP contribution in [0.2, 0.25) is 0 Å². The van der Waals surface area contributed by atoms with E-state index in [4.69, 9.17) is 9.94 Å². The summed E-state index contributed by atoms with van der Waals surface area (Å²) in [6.07, 6.45) is 1.79. The minimum atomic E-state index is -0.705. The predicted octanol–water partition coefficient (Wildman–Crippen LogP) is 1.85. The normalized spacial score (nSPS) is 10.8. The van der Waals surface area contributed by atoms with Crippen LogP contribution in [0.5, 0.6) is 5.75 Å². The van der Waals surface area contributed by atoms with Crippen molar-refractivity contribution in [2.24, 2.45) is 0 Å². The number of carbonyl (C=O) groups excluding carboxylic acids is 1. The van der Waals surface area contributed by atoms with Gasteiger partial charge in [0.05, 0.1) is 17.4 Å². The maximum Gasteiger partial charge on any atom is 0.281 e. The van der Waals surface area contributed by atoms with Crippen LogP contribution in [0.1, 0.15) is 5.56 Å². The summed E-state index contributed by atoms with van der Waals surface area (Å²) in [7, 11) is 0. The highest BCUT2D eigenvalue weighted by molar-refractivity contribution is 5.76. The monoisotopic (exact) mass is 358 g/mol. The predicted molar refractivity (Wildman–Crippen MR) is 93.3 cm³/mol. The zero-order chi connectivity index (χ0) is 18.4. The lowest BCUT2D eigenvalue weighted by Gasteiger charge is -2.09. The molecule has 1 heterocycles. The smallest absolute Gasteiger partial charge is 0.281 e. The first kappa shape index (κ1) is 17.8. The molecule has 1 aromatic heterocycles. The molecule has 3 N–H and O–H groups in total. The maximum absolute atomic E-state index is 14.1. The molecule has 0 radical (unpaired) electrons. The molecule has 0 aliphatic carbocycles. The number of nitrogens with one attached hydrogen (secondary N) is 2. The number of halogens is 1. The number of ether oxygens (including phenoxy) is 1. The molecule has 0 spiro atoms. The lowest BCUT2D eigenvalue weighted by atomic mass is 10.2. The van der Waals surface area contributed by atoms with Gasteiger partial charge in [-0.3, -0.25) is 10.0 Å². The fraction of sp³-hybridized carbons (Fsp3) is 0.222. The zero-order valence-electron chi connectivity index (χ0n) is 14.0. The fourth-order valence-electron chi connectivity index (χ4n) is 2.55. The van der Waals surface area contributed by atoms with Crippen molar-refractivity contribution < 1.29 is 19.1 Å². The number of nitrogens with zero attached hydrogens (tertiary/aromatic N) is 2. The van der Waals surface area contributed by atoms with Crippen molar-refractivity contribution in [2.75, 3.05) is 13.2 Å². The highest BCUT2D eigenvalue weighted by Crippen LogP contribution is 2.16. The Labute approximate surface area is 149 Å². The topological polar surface area (TPSA) is 88.4 Å². The van der Waals surface area contributed by atoms with Crippen molar-refractivity contribution >= 4 is 16.9 Å². The van der Waals surface area contributed by atoms with E-state index >= 15 is 0 Å². The van der Waals surface area contributed by atoms with Crippen LogP contribution in [0.15, 0.2) is 48.8 Å². The highest BCUT2D eigenvalue weighted by Gasteiger charge is 2.07. The van der Waals surface area contributed by atoms with Crippen LogP contribution in [-0.4, -0.2) is 33.8 Å². The number of fused-ring (bicyclic) bond motifs is 1. The Morgan fingerprint density at radius 2 is 2.12 bits per heavy atom. The number of hydrogen-bond acceptors (Lipinski definition) is 5. The van der Waals surface area contributed by atoms with Gasteiger partial charge in [-0.15, -0.1) is 0 Å². The van der Waals surface area contributed by atoms with E-state index in [2.05, 4.69) is 10.3 Å². The molecule has 0 saturated carbocycles. The van der Waals surface area contributed by atoms with Gasteiger partial charge in [-0.2, -0.15) is 0 Å². The summed E-state index contributed by atoms with van der Waals surface area (Å²) in [5.41, 5.74) is 3.96. The molecule has 1 amide bonds. The van der Waals surface area contributed by atoms with Gasteiger partial charge < -0.3 is 14.6 Å². The first-order chi connectivity index (χ1) is 12.7. The van der Waals surface area contributed by atoms with Crippen LogP contribution < -0.4 is 15.5 Å². The Hall–Kier alpha value is -2.97. The standard InChI is InChI=1S/C18H19FN4O3/c19-15-9-14(26-11-18(24)22-25)6-5-13(15)10-20-7-8-23-12-21-16-3-1-2-4-17(16)23/h1-6,9,12,20,25H,7-8,10-11H2,(H,22,24). The minimum Gasteiger partial charge on any atom is -0.484 e. The molecule has 136 valence electrons. The number of para-hydroxylation sites is 2. The molecular formula is C18H19FN4O3. The van der Waals surface area contributed by atoms with E-state index in [1.807, 2.05) is 28.8 Å². The average molecular weight is 358 g/mol. The van der Waals surface area contributed by atoms with Gasteiger partial charge in [0.25, 0.3) is 5.91 Å². The van der Waals surface area contributed by atoms with Gasteiger partial charge in [0.15, 0.2) is 6.61 Å². The van der Waals surface area contributed by atoms with Gasteiger partial charge in [-0.25, -0.2) is 14.9 Å². The van der Waals surface area contributed by atoms with E-state index in [0.29, 0.717) is 18.7 Å². The molecule has 26 heavy (non-hydrogen) atoms. The first-order valence-electron chi connectivity index (χ1n) is 8.12. The summed E-state index contributed by atoms with van der Waals surface area (Å²) in [5, 5.41) is 11.6. The van der Waals surface area contributed by atoms with Crippen LogP contribution >= 0.6 is 0 Å². The Balaban J connectivity index is 1.49. The Bertz CT molecular complexity index is 897. The average Bonchev–Trinajstić information content (AvgIpc) is 3.07. The van der Waals surface area contributed by atoms with Crippen LogP contribution in [0.3, 0.4) is 0 Å². The van der Waals surface area contributed by atoms with Crippen LogP contribution in [-0.2, 0) is 17.9 Å². The molecule has 0 saturated heterocycles. The number of hydroxylamine groups is 1. The third-order valence-corrected chi connectivity index (χ3v) is 3.89. The second kappa shape index (κ2) is 8.41. The van der Waals surface area contributed by atoms with Crippen molar-refractivity contribution in [3.8, 4) is 5.75 Å². The van der Waals surface area contributed by atoms with E-state index in [1.165, 1.54) is 11.5 Å². The summed E-state index contributed by atoms with van der Waals surface area (Å²) >= 11 is 0. The quantitative estimate of drug-likeness (QED) is 0.325. The molecule has 0 fully saturated rings. The molecule has 2 aromatic carbocycles. The van der Waals surface area contributed by atoms with Gasteiger partial charge in [0.1, 0.15) is 11.6 Å². The Morgan fingerprint density at radius 3 is 2.92 bits per heavy atom. The number of aromatic nitrogens is 2. The fourth-order valence-corrected chi connectivity index (χ4v) is 2.55. The molecule has 3 rings (SSSR count). The second-order valence-electron chi connectivity index (χ2n) is 5.68. The van der Waals surface area contributed by atoms with Crippen LogP contribution in [0, 0.1) is 5.82 Å². The summed E-state index contributed by atoms with van der Waals surface area (Å²) in [6, 6.07) is 12.3.